The Morgan fingerprint density at radius 3 is 2.71 bits per heavy atom. The van der Waals surface area contributed by atoms with Gasteiger partial charge in [-0.05, 0) is 51.1 Å². The fraction of sp³-hybridized carbons (Fsp3) is 0.800. The predicted molar refractivity (Wildman–Crippen MR) is 83.8 cm³/mol. The van der Waals surface area contributed by atoms with Gasteiger partial charge in [-0.1, -0.05) is 24.2 Å². The summed E-state index contributed by atoms with van der Waals surface area (Å²) in [6.45, 7) is 2.36. The number of piperidine rings is 1. The normalized spacial score (nSPS) is 21.5. The molecule has 2 aromatic heterocycles. The number of hydrogen-bond acceptors (Lipinski definition) is 5. The number of hydrogen-bond donors (Lipinski definition) is 1. The molecule has 2 fully saturated rings. The van der Waals surface area contributed by atoms with Crippen molar-refractivity contribution in [3.05, 3.63) is 10.8 Å². The molecule has 1 aliphatic carbocycles. The van der Waals surface area contributed by atoms with E-state index >= 15 is 0 Å². The maximum atomic E-state index is 4.80. The van der Waals surface area contributed by atoms with Crippen LogP contribution in [0.25, 0.3) is 4.96 Å². The van der Waals surface area contributed by atoms with Gasteiger partial charge in [-0.15, -0.1) is 10.2 Å². The summed E-state index contributed by atoms with van der Waals surface area (Å²) >= 11 is 1.73. The SMILES string of the molecule is C1CCC(c2nnc3sc(CCC4CCNCC4)nn23)C1. The Labute approximate surface area is 129 Å². The van der Waals surface area contributed by atoms with Gasteiger partial charge < -0.3 is 5.32 Å². The first kappa shape index (κ1) is 13.6. The van der Waals surface area contributed by atoms with Crippen LogP contribution in [-0.2, 0) is 6.42 Å². The molecule has 3 heterocycles. The summed E-state index contributed by atoms with van der Waals surface area (Å²) in [4.78, 5) is 0.984. The summed E-state index contributed by atoms with van der Waals surface area (Å²) in [7, 11) is 0. The molecule has 0 unspecified atom stereocenters. The van der Waals surface area contributed by atoms with Gasteiger partial charge in [0, 0.05) is 12.3 Å². The van der Waals surface area contributed by atoms with Crippen molar-refractivity contribution < 1.29 is 0 Å². The highest BCUT2D eigenvalue weighted by Gasteiger charge is 2.24. The molecule has 2 aliphatic rings. The maximum Gasteiger partial charge on any atom is 0.234 e. The number of aromatic nitrogens is 4. The Morgan fingerprint density at radius 1 is 1.10 bits per heavy atom. The number of nitrogens with one attached hydrogen (secondary N) is 1. The Hall–Kier alpha value is -1.01. The quantitative estimate of drug-likeness (QED) is 0.943. The summed E-state index contributed by atoms with van der Waals surface area (Å²) in [6.07, 6.45) is 10.2. The fourth-order valence-corrected chi connectivity index (χ4v) is 4.56. The fourth-order valence-electron chi connectivity index (χ4n) is 3.71. The van der Waals surface area contributed by atoms with Crippen molar-refractivity contribution in [1.82, 2.24) is 25.1 Å². The van der Waals surface area contributed by atoms with E-state index in [0.717, 1.165) is 23.1 Å². The monoisotopic (exact) mass is 305 g/mol. The molecular weight excluding hydrogens is 282 g/mol. The molecule has 0 amide bonds. The van der Waals surface area contributed by atoms with Crippen molar-refractivity contribution >= 4 is 16.3 Å². The van der Waals surface area contributed by atoms with Gasteiger partial charge in [0.15, 0.2) is 5.82 Å². The van der Waals surface area contributed by atoms with E-state index < -0.39 is 0 Å². The molecule has 114 valence electrons. The van der Waals surface area contributed by atoms with Gasteiger partial charge in [0.25, 0.3) is 0 Å². The number of fused-ring (bicyclic) bond motifs is 1. The Balaban J connectivity index is 1.46. The number of nitrogens with zero attached hydrogens (tertiary/aromatic N) is 4. The van der Waals surface area contributed by atoms with Crippen LogP contribution in [0.15, 0.2) is 0 Å². The van der Waals surface area contributed by atoms with Crippen LogP contribution < -0.4 is 5.32 Å². The minimum Gasteiger partial charge on any atom is -0.317 e. The van der Waals surface area contributed by atoms with Crippen molar-refractivity contribution in [3.8, 4) is 0 Å². The molecule has 1 saturated carbocycles. The molecule has 0 spiro atoms. The van der Waals surface area contributed by atoms with E-state index in [2.05, 4.69) is 15.5 Å². The molecule has 5 nitrogen and oxygen atoms in total. The van der Waals surface area contributed by atoms with E-state index in [1.54, 1.807) is 11.3 Å². The third-order valence-corrected chi connectivity index (χ3v) is 5.96. The van der Waals surface area contributed by atoms with E-state index in [1.165, 1.54) is 63.0 Å². The van der Waals surface area contributed by atoms with Crippen molar-refractivity contribution in [2.45, 2.75) is 57.3 Å². The summed E-state index contributed by atoms with van der Waals surface area (Å²) in [5.41, 5.74) is 0. The molecule has 1 saturated heterocycles. The van der Waals surface area contributed by atoms with Crippen LogP contribution in [0.3, 0.4) is 0 Å². The molecule has 0 bridgehead atoms. The van der Waals surface area contributed by atoms with Crippen LogP contribution in [-0.4, -0.2) is 32.9 Å². The van der Waals surface area contributed by atoms with Crippen LogP contribution in [0.1, 0.15) is 61.7 Å². The minimum atomic E-state index is 0.583. The average molecular weight is 305 g/mol. The van der Waals surface area contributed by atoms with Crippen LogP contribution in [0.4, 0.5) is 0 Å². The highest BCUT2D eigenvalue weighted by Crippen LogP contribution is 2.33. The second-order valence-corrected chi connectivity index (χ2v) is 7.50. The van der Waals surface area contributed by atoms with Crippen molar-refractivity contribution in [2.24, 2.45) is 5.92 Å². The molecule has 2 aromatic rings. The predicted octanol–water partition coefficient (Wildman–Crippen LogP) is 2.78. The van der Waals surface area contributed by atoms with E-state index in [9.17, 15) is 0 Å². The summed E-state index contributed by atoms with van der Waals surface area (Å²) < 4.78 is 2.03. The number of aryl methyl sites for hydroxylation is 1. The lowest BCUT2D eigenvalue weighted by atomic mass is 9.93. The Bertz CT molecular complexity index is 592. The third kappa shape index (κ3) is 2.83. The summed E-state index contributed by atoms with van der Waals surface area (Å²) in [6, 6.07) is 0. The van der Waals surface area contributed by atoms with E-state index in [0.29, 0.717) is 5.92 Å². The highest BCUT2D eigenvalue weighted by molar-refractivity contribution is 7.16. The second kappa shape index (κ2) is 6.01. The average Bonchev–Trinajstić information content (AvgIpc) is 3.22. The minimum absolute atomic E-state index is 0.583. The van der Waals surface area contributed by atoms with Gasteiger partial charge in [-0.3, -0.25) is 0 Å². The molecule has 1 N–H and O–H groups in total. The first-order chi connectivity index (χ1) is 10.4. The van der Waals surface area contributed by atoms with Crippen LogP contribution >= 0.6 is 11.3 Å². The molecule has 0 aromatic carbocycles. The lowest BCUT2D eigenvalue weighted by Gasteiger charge is -2.21. The summed E-state index contributed by atoms with van der Waals surface area (Å²) in [5.74, 6) is 2.56. The van der Waals surface area contributed by atoms with Crippen LogP contribution in [0.2, 0.25) is 0 Å². The zero-order chi connectivity index (χ0) is 14.1. The van der Waals surface area contributed by atoms with E-state index in [-0.39, 0.29) is 0 Å². The zero-order valence-corrected chi connectivity index (χ0v) is 13.2. The molecule has 0 radical (unpaired) electrons. The van der Waals surface area contributed by atoms with Crippen LogP contribution in [0, 0.1) is 5.92 Å². The van der Waals surface area contributed by atoms with Crippen molar-refractivity contribution in [1.29, 1.82) is 0 Å². The van der Waals surface area contributed by atoms with Gasteiger partial charge in [-0.2, -0.15) is 9.61 Å². The molecule has 21 heavy (non-hydrogen) atoms. The van der Waals surface area contributed by atoms with Crippen LogP contribution in [0.5, 0.6) is 0 Å². The van der Waals surface area contributed by atoms with Gasteiger partial charge in [-0.25, -0.2) is 0 Å². The standard InChI is InChI=1S/C15H23N5S/c1-2-4-12(3-1)14-17-18-15-20(14)19-13(21-15)6-5-11-7-9-16-10-8-11/h11-12,16H,1-10H2. The second-order valence-electron chi connectivity index (χ2n) is 6.46. The third-order valence-electron chi connectivity index (χ3n) is 5.00. The van der Waals surface area contributed by atoms with Crippen molar-refractivity contribution in [3.63, 3.8) is 0 Å². The van der Waals surface area contributed by atoms with Gasteiger partial charge in [0.05, 0.1) is 0 Å². The highest BCUT2D eigenvalue weighted by atomic mass is 32.1. The molecule has 4 rings (SSSR count). The Kier molecular flexibility index (Phi) is 3.90. The summed E-state index contributed by atoms with van der Waals surface area (Å²) in [5, 5.41) is 18.2. The largest absolute Gasteiger partial charge is 0.317 e. The molecule has 1 aliphatic heterocycles. The van der Waals surface area contributed by atoms with Gasteiger partial charge in [0.2, 0.25) is 4.96 Å². The zero-order valence-electron chi connectivity index (χ0n) is 12.4. The molecule has 0 atom stereocenters. The van der Waals surface area contributed by atoms with Gasteiger partial charge >= 0.3 is 0 Å². The smallest absolute Gasteiger partial charge is 0.234 e. The lowest BCUT2D eigenvalue weighted by molar-refractivity contribution is 0.354. The first-order valence-electron chi connectivity index (χ1n) is 8.32. The van der Waals surface area contributed by atoms with E-state index in [1.807, 2.05) is 4.52 Å². The number of rotatable bonds is 4. The first-order valence-corrected chi connectivity index (χ1v) is 9.13. The lowest BCUT2D eigenvalue weighted by Crippen LogP contribution is -2.27. The molecule has 6 heteroatoms. The molecular formula is C15H23N5S. The topological polar surface area (TPSA) is 55.1 Å². The maximum absolute atomic E-state index is 4.80. The Morgan fingerprint density at radius 2 is 1.90 bits per heavy atom. The van der Waals surface area contributed by atoms with Gasteiger partial charge in [0.1, 0.15) is 5.01 Å². The van der Waals surface area contributed by atoms with Crippen molar-refractivity contribution in [2.75, 3.05) is 13.1 Å². The van der Waals surface area contributed by atoms with E-state index in [4.69, 9.17) is 5.10 Å².